The summed E-state index contributed by atoms with van der Waals surface area (Å²) in [6.45, 7) is 4.17. The molecule has 0 saturated carbocycles. The van der Waals surface area contributed by atoms with Crippen molar-refractivity contribution in [1.82, 2.24) is 5.32 Å². The summed E-state index contributed by atoms with van der Waals surface area (Å²) in [6.07, 6.45) is 32.1. The van der Waals surface area contributed by atoms with E-state index >= 15 is 0 Å². The second-order valence-corrected chi connectivity index (χ2v) is 9.45. The monoisotopic (exact) mass is 477 g/mol. The van der Waals surface area contributed by atoms with E-state index in [-0.39, 0.29) is 12.5 Å². The van der Waals surface area contributed by atoms with Crippen LogP contribution in [0.2, 0.25) is 0 Å². The highest BCUT2D eigenvalue weighted by molar-refractivity contribution is 5.76. The quantitative estimate of drug-likeness (QED) is 0.0992. The first-order valence-electron chi connectivity index (χ1n) is 14.2. The van der Waals surface area contributed by atoms with Gasteiger partial charge in [-0.15, -0.1) is 0 Å². The summed E-state index contributed by atoms with van der Waals surface area (Å²) in [5.74, 6) is -0.0849. The number of amides is 1. The lowest BCUT2D eigenvalue weighted by molar-refractivity contribution is -0.123. The number of aliphatic hydroxyl groups is 2. The first-order valence-corrected chi connectivity index (χ1v) is 14.2. The van der Waals surface area contributed by atoms with Crippen LogP contribution in [0.15, 0.2) is 36.5 Å². The van der Waals surface area contributed by atoms with Crippen LogP contribution < -0.4 is 5.32 Å². The lowest BCUT2D eigenvalue weighted by atomic mass is 10.0. The van der Waals surface area contributed by atoms with E-state index in [9.17, 15) is 15.0 Å². The van der Waals surface area contributed by atoms with Crippen LogP contribution in [-0.4, -0.2) is 34.9 Å². The van der Waals surface area contributed by atoms with Crippen molar-refractivity contribution in [3.8, 4) is 0 Å². The van der Waals surface area contributed by atoms with Gasteiger partial charge in [-0.3, -0.25) is 4.79 Å². The molecule has 0 rings (SSSR count). The van der Waals surface area contributed by atoms with Crippen LogP contribution in [0.1, 0.15) is 129 Å². The minimum Gasteiger partial charge on any atom is -0.394 e. The maximum Gasteiger partial charge on any atom is 0.220 e. The number of unbranched alkanes of at least 4 members (excludes halogenated alkanes) is 13. The summed E-state index contributed by atoms with van der Waals surface area (Å²) in [6, 6.07) is -0.637. The molecule has 0 heterocycles. The van der Waals surface area contributed by atoms with Crippen LogP contribution in [0.4, 0.5) is 0 Å². The minimum absolute atomic E-state index is 0.0849. The molecule has 2 atom stereocenters. The molecule has 2 unspecified atom stereocenters. The Morgan fingerprint density at radius 3 is 1.65 bits per heavy atom. The van der Waals surface area contributed by atoms with Crippen LogP contribution in [-0.2, 0) is 4.79 Å². The second-order valence-electron chi connectivity index (χ2n) is 9.45. The van der Waals surface area contributed by atoms with Gasteiger partial charge in [0.1, 0.15) is 0 Å². The van der Waals surface area contributed by atoms with Crippen LogP contribution in [0, 0.1) is 0 Å². The third-order valence-electron chi connectivity index (χ3n) is 6.08. The Hall–Kier alpha value is -1.39. The second kappa shape index (κ2) is 26.2. The maximum atomic E-state index is 12.2. The van der Waals surface area contributed by atoms with Crippen LogP contribution in [0.3, 0.4) is 0 Å². The molecule has 0 aromatic heterocycles. The van der Waals surface area contributed by atoms with E-state index in [1.54, 1.807) is 6.08 Å². The zero-order valence-corrected chi connectivity index (χ0v) is 22.4. The van der Waals surface area contributed by atoms with Crippen molar-refractivity contribution in [2.24, 2.45) is 0 Å². The SMILES string of the molecule is CCC/C=C/CC/C=C/CC/C=C/C(O)C(CO)NC(=O)CCCCCCCCCCCCC. The Morgan fingerprint density at radius 2 is 1.15 bits per heavy atom. The highest BCUT2D eigenvalue weighted by Crippen LogP contribution is 2.12. The summed E-state index contributed by atoms with van der Waals surface area (Å²) >= 11 is 0. The van der Waals surface area contributed by atoms with Crippen molar-refractivity contribution < 1.29 is 15.0 Å². The van der Waals surface area contributed by atoms with Crippen molar-refractivity contribution in [2.75, 3.05) is 6.61 Å². The molecule has 0 aromatic carbocycles. The number of hydrogen-bond acceptors (Lipinski definition) is 3. The molecule has 4 heteroatoms. The van der Waals surface area contributed by atoms with Crippen molar-refractivity contribution >= 4 is 5.91 Å². The van der Waals surface area contributed by atoms with Gasteiger partial charge in [-0.25, -0.2) is 0 Å². The van der Waals surface area contributed by atoms with Crippen molar-refractivity contribution in [3.05, 3.63) is 36.5 Å². The predicted molar refractivity (Wildman–Crippen MR) is 147 cm³/mol. The third-order valence-corrected chi connectivity index (χ3v) is 6.08. The first-order chi connectivity index (χ1) is 16.7. The van der Waals surface area contributed by atoms with Gasteiger partial charge >= 0.3 is 0 Å². The molecule has 0 aliphatic rings. The fourth-order valence-corrected chi connectivity index (χ4v) is 3.86. The molecule has 34 heavy (non-hydrogen) atoms. The van der Waals surface area contributed by atoms with Crippen LogP contribution >= 0.6 is 0 Å². The van der Waals surface area contributed by atoms with Crippen LogP contribution in [0.5, 0.6) is 0 Å². The predicted octanol–water partition coefficient (Wildman–Crippen LogP) is 7.55. The first kappa shape index (κ1) is 32.6. The summed E-state index contributed by atoms with van der Waals surface area (Å²) in [4.78, 5) is 12.2. The number of carbonyl (C=O) groups is 1. The third kappa shape index (κ3) is 22.4. The van der Waals surface area contributed by atoms with E-state index < -0.39 is 12.1 Å². The van der Waals surface area contributed by atoms with Gasteiger partial charge in [0.15, 0.2) is 0 Å². The lowest BCUT2D eigenvalue weighted by Crippen LogP contribution is -2.45. The number of rotatable bonds is 24. The number of aliphatic hydroxyl groups excluding tert-OH is 2. The average Bonchev–Trinajstić information content (AvgIpc) is 2.84. The Morgan fingerprint density at radius 1 is 0.676 bits per heavy atom. The van der Waals surface area contributed by atoms with Gasteiger partial charge in [0.05, 0.1) is 18.8 Å². The molecule has 1 amide bonds. The Bertz CT molecular complexity index is 527. The Balaban J connectivity index is 3.79. The summed E-state index contributed by atoms with van der Waals surface area (Å²) < 4.78 is 0. The van der Waals surface area contributed by atoms with Gasteiger partial charge in [0.2, 0.25) is 5.91 Å². The van der Waals surface area contributed by atoms with Crippen molar-refractivity contribution in [2.45, 2.75) is 142 Å². The minimum atomic E-state index is -0.862. The Labute approximate surface area is 211 Å². The lowest BCUT2D eigenvalue weighted by Gasteiger charge is -2.19. The van der Waals surface area contributed by atoms with Gasteiger partial charge in [0, 0.05) is 6.42 Å². The van der Waals surface area contributed by atoms with Gasteiger partial charge in [-0.1, -0.05) is 121 Å². The summed E-state index contributed by atoms with van der Waals surface area (Å²) in [7, 11) is 0. The largest absolute Gasteiger partial charge is 0.394 e. The topological polar surface area (TPSA) is 69.6 Å². The van der Waals surface area contributed by atoms with Crippen molar-refractivity contribution in [1.29, 1.82) is 0 Å². The van der Waals surface area contributed by atoms with E-state index in [4.69, 9.17) is 0 Å². The number of hydrogen-bond donors (Lipinski definition) is 3. The van der Waals surface area contributed by atoms with E-state index in [1.807, 2.05) is 6.08 Å². The average molecular weight is 478 g/mol. The van der Waals surface area contributed by atoms with Gasteiger partial charge < -0.3 is 15.5 Å². The standard InChI is InChI=1S/C30H55NO3/c1-3-5-7-9-11-13-15-17-19-21-23-25-29(33)28(27-32)31-30(34)26-24-22-20-18-16-14-12-10-8-6-4-2/h7,9,15,17,23,25,28-29,32-33H,3-6,8,10-14,16,18-22,24,26-27H2,1-2H3,(H,31,34)/b9-7+,17-15+,25-23+. The summed E-state index contributed by atoms with van der Waals surface area (Å²) in [5, 5.41) is 22.6. The Kier molecular flexibility index (Phi) is 25.1. The fourth-order valence-electron chi connectivity index (χ4n) is 3.86. The molecule has 0 radical (unpaired) electrons. The zero-order chi connectivity index (χ0) is 25.1. The molecule has 3 N–H and O–H groups in total. The molecular formula is C30H55NO3. The van der Waals surface area contributed by atoms with E-state index in [1.165, 1.54) is 64.2 Å². The number of nitrogens with one attached hydrogen (secondary N) is 1. The fraction of sp³-hybridized carbons (Fsp3) is 0.767. The van der Waals surface area contributed by atoms with E-state index in [0.29, 0.717) is 6.42 Å². The zero-order valence-electron chi connectivity index (χ0n) is 22.4. The van der Waals surface area contributed by atoms with Gasteiger partial charge in [-0.2, -0.15) is 0 Å². The molecule has 0 aliphatic carbocycles. The number of allylic oxidation sites excluding steroid dienone is 5. The van der Waals surface area contributed by atoms with E-state index in [0.717, 1.165) is 44.9 Å². The smallest absolute Gasteiger partial charge is 0.220 e. The highest BCUT2D eigenvalue weighted by atomic mass is 16.3. The molecule has 0 aromatic rings. The molecule has 0 spiro atoms. The molecule has 0 saturated heterocycles. The maximum absolute atomic E-state index is 12.2. The highest BCUT2D eigenvalue weighted by Gasteiger charge is 2.17. The molecule has 0 bridgehead atoms. The number of carbonyl (C=O) groups excluding carboxylic acids is 1. The molecule has 4 nitrogen and oxygen atoms in total. The molecule has 198 valence electrons. The van der Waals surface area contributed by atoms with Crippen LogP contribution in [0.25, 0.3) is 0 Å². The summed E-state index contributed by atoms with van der Waals surface area (Å²) in [5.41, 5.74) is 0. The van der Waals surface area contributed by atoms with Gasteiger partial charge in [0.25, 0.3) is 0 Å². The van der Waals surface area contributed by atoms with E-state index in [2.05, 4.69) is 43.5 Å². The molecule has 0 fully saturated rings. The van der Waals surface area contributed by atoms with Gasteiger partial charge in [-0.05, 0) is 38.5 Å². The molecular weight excluding hydrogens is 422 g/mol. The van der Waals surface area contributed by atoms with Crippen molar-refractivity contribution in [3.63, 3.8) is 0 Å². The molecule has 0 aliphatic heterocycles. The normalized spacial score (nSPS) is 13.9.